The van der Waals surface area contributed by atoms with Crippen LogP contribution in [0, 0.1) is 0 Å². The fourth-order valence-electron chi connectivity index (χ4n) is 5.68. The predicted molar refractivity (Wildman–Crippen MR) is 185 cm³/mol. The van der Waals surface area contributed by atoms with E-state index >= 15 is 0 Å². The summed E-state index contributed by atoms with van der Waals surface area (Å²) in [6.07, 6.45) is 4.74. The SMILES string of the molecule is O=C(CCCCCSc1ccc(Cl)c(COC2(c3cnccc3-c3ccccc3OC3CC3)CC2)c1)CC[C@H](O)[C@@H](O)[C@H](O)[C@H](O)CO. The van der Waals surface area contributed by atoms with Crippen molar-refractivity contribution in [3.63, 3.8) is 0 Å². The van der Waals surface area contributed by atoms with Crippen molar-refractivity contribution < 1.29 is 39.8 Å². The predicted octanol–water partition coefficient (Wildman–Crippen LogP) is 5.59. The van der Waals surface area contributed by atoms with Crippen LogP contribution in [0.4, 0.5) is 0 Å². The number of Topliss-reactive ketones (excluding diaryl/α,β-unsaturated/α-hetero) is 1. The Labute approximate surface area is 291 Å². The Morgan fingerprint density at radius 1 is 0.958 bits per heavy atom. The van der Waals surface area contributed by atoms with Gasteiger partial charge in [0.1, 0.15) is 29.8 Å². The summed E-state index contributed by atoms with van der Waals surface area (Å²) in [5.41, 5.74) is 3.74. The van der Waals surface area contributed by atoms with Crippen molar-refractivity contribution in [3.05, 3.63) is 77.1 Å². The van der Waals surface area contributed by atoms with E-state index in [1.807, 2.05) is 48.8 Å². The number of carbonyl (C=O) groups excluding carboxylic acids is 1. The maximum absolute atomic E-state index is 12.2. The molecule has 2 aliphatic carbocycles. The smallest absolute Gasteiger partial charge is 0.133 e. The Morgan fingerprint density at radius 2 is 1.73 bits per heavy atom. The molecular formula is C37H46ClNO8S. The number of nitrogens with zero attached hydrogens (tertiary/aromatic N) is 1. The number of aromatic nitrogens is 1. The van der Waals surface area contributed by atoms with Crippen LogP contribution in [0.25, 0.3) is 11.1 Å². The van der Waals surface area contributed by atoms with Gasteiger partial charge in [-0.1, -0.05) is 36.2 Å². The normalized spacial score (nSPS) is 17.8. The van der Waals surface area contributed by atoms with Gasteiger partial charge in [-0.2, -0.15) is 0 Å². The molecule has 0 unspecified atom stereocenters. The van der Waals surface area contributed by atoms with Gasteiger partial charge in [0, 0.05) is 46.3 Å². The third kappa shape index (κ3) is 10.0. The molecule has 0 spiro atoms. The van der Waals surface area contributed by atoms with Crippen LogP contribution in [-0.2, 0) is 21.7 Å². The Morgan fingerprint density at radius 3 is 2.48 bits per heavy atom. The number of hydrogen-bond acceptors (Lipinski definition) is 10. The van der Waals surface area contributed by atoms with Gasteiger partial charge in [0.15, 0.2) is 0 Å². The minimum atomic E-state index is -1.68. The van der Waals surface area contributed by atoms with Crippen LogP contribution >= 0.6 is 23.4 Å². The van der Waals surface area contributed by atoms with Gasteiger partial charge in [-0.15, -0.1) is 11.8 Å². The average molecular weight is 700 g/mol. The molecule has 2 aliphatic rings. The maximum atomic E-state index is 12.2. The Hall–Kier alpha value is -2.54. The van der Waals surface area contributed by atoms with Crippen LogP contribution in [0.5, 0.6) is 5.75 Å². The first-order valence-corrected chi connectivity index (χ1v) is 18.2. The summed E-state index contributed by atoms with van der Waals surface area (Å²) in [4.78, 5) is 17.8. The number of carbonyl (C=O) groups is 1. The number of hydrogen-bond donors (Lipinski definition) is 5. The molecule has 2 aromatic carbocycles. The second-order valence-corrected chi connectivity index (χ2v) is 14.4. The molecule has 0 amide bonds. The number of benzene rings is 2. The molecule has 0 radical (unpaired) electrons. The monoisotopic (exact) mass is 699 g/mol. The van der Waals surface area contributed by atoms with E-state index in [0.29, 0.717) is 24.2 Å². The zero-order chi connectivity index (χ0) is 34.1. The molecule has 260 valence electrons. The molecule has 11 heteroatoms. The lowest BCUT2D eigenvalue weighted by atomic mass is 9.96. The number of unbranched alkanes of at least 4 members (excludes halogenated alkanes) is 2. The number of thioether (sulfide) groups is 1. The molecule has 2 fully saturated rings. The molecule has 5 rings (SSSR count). The summed E-state index contributed by atoms with van der Waals surface area (Å²) in [5.74, 6) is 1.75. The molecule has 2 saturated carbocycles. The molecular weight excluding hydrogens is 654 g/mol. The van der Waals surface area contributed by atoms with E-state index in [1.54, 1.807) is 11.8 Å². The van der Waals surface area contributed by atoms with E-state index in [1.165, 1.54) is 0 Å². The number of ether oxygens (including phenoxy) is 2. The van der Waals surface area contributed by atoms with Crippen molar-refractivity contribution in [1.82, 2.24) is 4.98 Å². The fourth-order valence-corrected chi connectivity index (χ4v) is 6.83. The Kier molecular flexibility index (Phi) is 13.3. The van der Waals surface area contributed by atoms with E-state index in [-0.39, 0.29) is 18.6 Å². The molecule has 1 heterocycles. The highest BCUT2D eigenvalue weighted by Crippen LogP contribution is 2.53. The first-order valence-electron chi connectivity index (χ1n) is 16.8. The summed E-state index contributed by atoms with van der Waals surface area (Å²) in [6.45, 7) is -0.353. The molecule has 9 nitrogen and oxygen atoms in total. The zero-order valence-electron chi connectivity index (χ0n) is 27.0. The van der Waals surface area contributed by atoms with Gasteiger partial charge in [0.2, 0.25) is 0 Å². The molecule has 4 atom stereocenters. The Balaban J connectivity index is 1.06. The molecule has 0 saturated heterocycles. The lowest BCUT2D eigenvalue weighted by Crippen LogP contribution is -2.45. The summed E-state index contributed by atoms with van der Waals surface area (Å²) >= 11 is 8.35. The number of aliphatic hydroxyl groups excluding tert-OH is 5. The van der Waals surface area contributed by atoms with Crippen LogP contribution in [0.15, 0.2) is 65.8 Å². The van der Waals surface area contributed by atoms with Crippen molar-refractivity contribution in [2.24, 2.45) is 0 Å². The van der Waals surface area contributed by atoms with Crippen LogP contribution in [0.3, 0.4) is 0 Å². The quantitative estimate of drug-likeness (QED) is 0.0704. The van der Waals surface area contributed by atoms with Gasteiger partial charge < -0.3 is 35.0 Å². The van der Waals surface area contributed by atoms with Crippen LogP contribution in [0.2, 0.25) is 5.02 Å². The summed E-state index contributed by atoms with van der Waals surface area (Å²) in [7, 11) is 0. The second kappa shape index (κ2) is 17.4. The second-order valence-electron chi connectivity index (χ2n) is 12.8. The number of pyridine rings is 1. The topological polar surface area (TPSA) is 150 Å². The van der Waals surface area contributed by atoms with Crippen LogP contribution in [-0.4, -0.2) is 79.2 Å². The number of aliphatic hydroxyl groups is 5. The lowest BCUT2D eigenvalue weighted by Gasteiger charge is -2.25. The van der Waals surface area contributed by atoms with Crippen molar-refractivity contribution in [1.29, 1.82) is 0 Å². The lowest BCUT2D eigenvalue weighted by molar-refractivity contribution is -0.125. The molecule has 48 heavy (non-hydrogen) atoms. The van der Waals surface area contributed by atoms with E-state index in [0.717, 1.165) is 83.6 Å². The summed E-state index contributed by atoms with van der Waals surface area (Å²) < 4.78 is 12.9. The van der Waals surface area contributed by atoms with Gasteiger partial charge in [0.05, 0.1) is 31.0 Å². The standard InChI is InChI=1S/C37H46ClNO8S/c38-31-13-12-27(48-19-5-1-2-6-25(41)9-14-32(42)35(44)36(45)33(43)22-40)20-24(31)23-46-37(16-17-37)30-21-39-18-15-28(30)29-7-3-4-8-34(29)47-26-10-11-26/h3-4,7-8,12-13,15,18,20-21,26,32-33,35-36,40,42-45H,1-2,5-6,9-11,14,16-17,19,22-23H2/t32-,33+,35+,36+/m0/s1. The maximum Gasteiger partial charge on any atom is 0.133 e. The number of rotatable bonds is 21. The van der Waals surface area contributed by atoms with Gasteiger partial charge >= 0.3 is 0 Å². The number of ketones is 1. The average Bonchev–Trinajstić information content (AvgIpc) is 4.05. The van der Waals surface area contributed by atoms with E-state index in [2.05, 4.69) is 17.1 Å². The third-order valence-electron chi connectivity index (χ3n) is 8.95. The minimum Gasteiger partial charge on any atom is -0.490 e. The van der Waals surface area contributed by atoms with Crippen molar-refractivity contribution >= 4 is 29.1 Å². The van der Waals surface area contributed by atoms with Crippen molar-refractivity contribution in [3.8, 4) is 16.9 Å². The zero-order valence-corrected chi connectivity index (χ0v) is 28.6. The van der Waals surface area contributed by atoms with E-state index in [4.69, 9.17) is 26.2 Å². The first kappa shape index (κ1) is 36.7. The van der Waals surface area contributed by atoms with Gasteiger partial charge in [0.25, 0.3) is 0 Å². The highest BCUT2D eigenvalue weighted by Gasteiger charge is 2.48. The van der Waals surface area contributed by atoms with Gasteiger partial charge in [-0.3, -0.25) is 9.78 Å². The largest absolute Gasteiger partial charge is 0.490 e. The molecule has 3 aromatic rings. The minimum absolute atomic E-state index is 0.0263. The number of para-hydroxylation sites is 1. The van der Waals surface area contributed by atoms with E-state index < -0.39 is 36.6 Å². The molecule has 5 N–H and O–H groups in total. The fraction of sp³-hybridized carbons (Fsp3) is 0.514. The molecule has 1 aromatic heterocycles. The summed E-state index contributed by atoms with van der Waals surface area (Å²) in [6, 6.07) is 16.2. The molecule has 0 aliphatic heterocycles. The van der Waals surface area contributed by atoms with Gasteiger partial charge in [-0.25, -0.2) is 0 Å². The Bertz CT molecular complexity index is 1500. The van der Waals surface area contributed by atoms with Gasteiger partial charge in [-0.05, 0) is 92.2 Å². The third-order valence-corrected chi connectivity index (χ3v) is 10.4. The van der Waals surface area contributed by atoms with Crippen LogP contribution < -0.4 is 4.74 Å². The van der Waals surface area contributed by atoms with E-state index in [9.17, 15) is 25.2 Å². The van der Waals surface area contributed by atoms with Crippen LogP contribution in [0.1, 0.15) is 75.3 Å². The van der Waals surface area contributed by atoms with Crippen molar-refractivity contribution in [2.45, 2.75) is 112 Å². The van der Waals surface area contributed by atoms with Crippen molar-refractivity contribution in [2.75, 3.05) is 12.4 Å². The first-order chi connectivity index (χ1) is 23.2. The highest BCUT2D eigenvalue weighted by molar-refractivity contribution is 7.99. The molecule has 0 bridgehead atoms. The highest BCUT2D eigenvalue weighted by atomic mass is 35.5. The summed E-state index contributed by atoms with van der Waals surface area (Å²) in [5, 5.41) is 48.6. The number of halogens is 1.